The Morgan fingerprint density at radius 3 is 3.05 bits per heavy atom. The van der Waals surface area contributed by atoms with E-state index in [-0.39, 0.29) is 6.04 Å². The first-order valence-electron chi connectivity index (χ1n) is 6.90. The van der Waals surface area contributed by atoms with Crippen LogP contribution in [0.3, 0.4) is 0 Å². The molecule has 1 aliphatic heterocycles. The maximum absolute atomic E-state index is 12.4. The monoisotopic (exact) mass is 319 g/mol. The Hall–Kier alpha value is -0.770. The summed E-state index contributed by atoms with van der Waals surface area (Å²) in [6.45, 7) is 4.27. The van der Waals surface area contributed by atoms with Crippen LogP contribution in [0, 0.1) is 0 Å². The van der Waals surface area contributed by atoms with E-state index in [1.807, 2.05) is 0 Å². The Balaban J connectivity index is 2.02. The Labute approximate surface area is 124 Å². The van der Waals surface area contributed by atoms with Gasteiger partial charge in [0.25, 0.3) is 0 Å². The fraction of sp³-hybridized carbons (Fsp3) is 0.818. The first kappa shape index (κ1) is 15.6. The predicted octanol–water partition coefficient (Wildman–Crippen LogP) is 1.05. The lowest BCUT2D eigenvalue weighted by atomic mass is 10.1. The summed E-state index contributed by atoms with van der Waals surface area (Å²) < 4.78 is 28.9. The fourth-order valence-corrected chi connectivity index (χ4v) is 4.44. The van der Waals surface area contributed by atoms with Crippen molar-refractivity contribution in [2.24, 2.45) is 0 Å². The molecule has 1 aromatic rings. The van der Waals surface area contributed by atoms with Crippen LogP contribution < -0.4 is 10.0 Å². The van der Waals surface area contributed by atoms with Crippen molar-refractivity contribution in [2.75, 3.05) is 24.4 Å². The maximum Gasteiger partial charge on any atom is 0.303 e. The molecule has 1 unspecified atom stereocenters. The van der Waals surface area contributed by atoms with E-state index >= 15 is 0 Å². The van der Waals surface area contributed by atoms with Gasteiger partial charge in [0.15, 0.2) is 0 Å². The third kappa shape index (κ3) is 4.11. The highest BCUT2D eigenvalue weighted by atomic mass is 32.2. The highest BCUT2D eigenvalue weighted by molar-refractivity contribution is 7.90. The van der Waals surface area contributed by atoms with Gasteiger partial charge in [-0.25, -0.2) is 4.72 Å². The third-order valence-electron chi connectivity index (χ3n) is 3.26. The molecule has 1 saturated heterocycles. The van der Waals surface area contributed by atoms with Crippen molar-refractivity contribution in [2.45, 2.75) is 38.6 Å². The second-order valence-corrected chi connectivity index (χ2v) is 7.27. The average Bonchev–Trinajstić information content (AvgIpc) is 2.91. The van der Waals surface area contributed by atoms with Gasteiger partial charge in [-0.15, -0.1) is 10.2 Å². The van der Waals surface area contributed by atoms with Crippen molar-refractivity contribution in [1.82, 2.24) is 19.8 Å². The lowest BCUT2D eigenvalue weighted by Gasteiger charge is -2.34. The summed E-state index contributed by atoms with van der Waals surface area (Å²) in [6.07, 6.45) is 3.92. The number of piperidine rings is 1. The Kier molecular flexibility index (Phi) is 5.70. The predicted molar refractivity (Wildman–Crippen MR) is 80.0 cm³/mol. The van der Waals surface area contributed by atoms with Gasteiger partial charge < -0.3 is 5.32 Å². The van der Waals surface area contributed by atoms with Crippen LogP contribution in [0.4, 0.5) is 5.13 Å². The summed E-state index contributed by atoms with van der Waals surface area (Å²) in [4.78, 5) is 0. The quantitative estimate of drug-likeness (QED) is 0.734. The molecule has 2 rings (SSSR count). The zero-order chi connectivity index (χ0) is 14.4. The van der Waals surface area contributed by atoms with Crippen LogP contribution in [0.1, 0.15) is 32.6 Å². The molecule has 1 aromatic heterocycles. The molecule has 1 atom stereocenters. The molecule has 0 aromatic carbocycles. The molecule has 0 bridgehead atoms. The molecular formula is C11H21N5O2S2. The number of hydrogen-bond donors (Lipinski definition) is 2. The van der Waals surface area contributed by atoms with Gasteiger partial charge in [0, 0.05) is 19.1 Å². The molecule has 1 fully saturated rings. The van der Waals surface area contributed by atoms with Crippen LogP contribution in [0.2, 0.25) is 0 Å². The molecule has 0 spiro atoms. The average molecular weight is 319 g/mol. The minimum absolute atomic E-state index is 0.0146. The van der Waals surface area contributed by atoms with Crippen molar-refractivity contribution in [3.8, 4) is 0 Å². The van der Waals surface area contributed by atoms with Crippen LogP contribution in [0.5, 0.6) is 0 Å². The first-order chi connectivity index (χ1) is 9.63. The van der Waals surface area contributed by atoms with Crippen LogP contribution in [0.25, 0.3) is 0 Å². The Bertz CT molecular complexity index is 491. The topological polar surface area (TPSA) is 87.2 Å². The van der Waals surface area contributed by atoms with Crippen LogP contribution in [-0.2, 0) is 10.2 Å². The largest absolute Gasteiger partial charge is 0.315 e. The van der Waals surface area contributed by atoms with Crippen molar-refractivity contribution in [3.05, 3.63) is 5.51 Å². The third-order valence-corrected chi connectivity index (χ3v) is 5.55. The molecule has 0 radical (unpaired) electrons. The number of nitrogens with one attached hydrogen (secondary N) is 2. The van der Waals surface area contributed by atoms with Crippen molar-refractivity contribution < 1.29 is 8.42 Å². The summed E-state index contributed by atoms with van der Waals surface area (Å²) in [6, 6.07) is 0.0146. The highest BCUT2D eigenvalue weighted by Gasteiger charge is 2.32. The second-order valence-electron chi connectivity index (χ2n) is 4.82. The molecule has 9 heteroatoms. The molecule has 1 aliphatic rings. The molecular weight excluding hydrogens is 298 g/mol. The molecule has 0 aliphatic carbocycles. The maximum atomic E-state index is 12.4. The van der Waals surface area contributed by atoms with E-state index in [1.165, 1.54) is 16.8 Å². The summed E-state index contributed by atoms with van der Waals surface area (Å²) in [5.41, 5.74) is 1.51. The van der Waals surface area contributed by atoms with E-state index in [9.17, 15) is 8.42 Å². The van der Waals surface area contributed by atoms with E-state index in [4.69, 9.17) is 0 Å². The van der Waals surface area contributed by atoms with Crippen LogP contribution >= 0.6 is 11.3 Å². The molecule has 0 saturated carbocycles. The van der Waals surface area contributed by atoms with E-state index in [1.54, 1.807) is 4.31 Å². The minimum Gasteiger partial charge on any atom is -0.315 e. The molecule has 2 N–H and O–H groups in total. The minimum atomic E-state index is -3.54. The normalized spacial score (nSPS) is 20.9. The van der Waals surface area contributed by atoms with Gasteiger partial charge in [-0.2, -0.15) is 12.7 Å². The molecule has 114 valence electrons. The van der Waals surface area contributed by atoms with E-state index in [0.717, 1.165) is 32.2 Å². The Morgan fingerprint density at radius 1 is 1.50 bits per heavy atom. The van der Waals surface area contributed by atoms with E-state index in [2.05, 4.69) is 27.2 Å². The van der Waals surface area contributed by atoms with E-state index < -0.39 is 10.2 Å². The van der Waals surface area contributed by atoms with Crippen LogP contribution in [0.15, 0.2) is 5.51 Å². The molecule has 20 heavy (non-hydrogen) atoms. The van der Waals surface area contributed by atoms with Crippen molar-refractivity contribution in [1.29, 1.82) is 0 Å². The molecule has 2 heterocycles. The van der Waals surface area contributed by atoms with Crippen molar-refractivity contribution in [3.63, 3.8) is 0 Å². The summed E-state index contributed by atoms with van der Waals surface area (Å²) in [7, 11) is -3.54. The Morgan fingerprint density at radius 2 is 2.35 bits per heavy atom. The zero-order valence-electron chi connectivity index (χ0n) is 11.6. The summed E-state index contributed by atoms with van der Waals surface area (Å²) in [5, 5.41) is 11.0. The zero-order valence-corrected chi connectivity index (χ0v) is 13.2. The van der Waals surface area contributed by atoms with Gasteiger partial charge >= 0.3 is 10.2 Å². The van der Waals surface area contributed by atoms with Crippen molar-refractivity contribution >= 4 is 26.7 Å². The van der Waals surface area contributed by atoms with Gasteiger partial charge in [-0.1, -0.05) is 24.7 Å². The first-order valence-corrected chi connectivity index (χ1v) is 9.22. The fourth-order valence-electron chi connectivity index (χ4n) is 2.33. The number of aromatic nitrogens is 2. The van der Waals surface area contributed by atoms with E-state index in [0.29, 0.717) is 18.2 Å². The molecule has 0 amide bonds. The standard InChI is InChI=1S/C11H21N5O2S2/c1-2-6-12-8-10-5-3-4-7-16(10)20(17,18)15-11-14-13-9-19-11/h9-10,12H,2-8H2,1H3,(H,14,15). The second kappa shape index (κ2) is 7.30. The van der Waals surface area contributed by atoms with Gasteiger partial charge in [-0.3, -0.25) is 0 Å². The lowest BCUT2D eigenvalue weighted by Crippen LogP contribution is -2.50. The summed E-state index contributed by atoms with van der Waals surface area (Å²) >= 11 is 1.18. The smallest absolute Gasteiger partial charge is 0.303 e. The number of anilines is 1. The number of nitrogens with zero attached hydrogens (tertiary/aromatic N) is 3. The van der Waals surface area contributed by atoms with Gasteiger partial charge in [0.1, 0.15) is 5.51 Å². The number of rotatable bonds is 7. The van der Waals surface area contributed by atoms with Gasteiger partial charge in [-0.05, 0) is 25.8 Å². The van der Waals surface area contributed by atoms with Gasteiger partial charge in [0.05, 0.1) is 0 Å². The summed E-state index contributed by atoms with van der Waals surface area (Å²) in [5.74, 6) is 0. The highest BCUT2D eigenvalue weighted by Crippen LogP contribution is 2.22. The lowest BCUT2D eigenvalue weighted by molar-refractivity contribution is 0.247. The van der Waals surface area contributed by atoms with Gasteiger partial charge in [0.2, 0.25) is 5.13 Å². The van der Waals surface area contributed by atoms with Crippen LogP contribution in [-0.4, -0.2) is 48.6 Å². The number of hydrogen-bond acceptors (Lipinski definition) is 6. The SMILES string of the molecule is CCCNCC1CCCCN1S(=O)(=O)Nc1nncs1. The molecule has 7 nitrogen and oxygen atoms in total.